The van der Waals surface area contributed by atoms with Crippen LogP contribution < -0.4 is 0 Å². The molecule has 0 aromatic carbocycles. The Morgan fingerprint density at radius 1 is 1.38 bits per heavy atom. The molecule has 0 saturated heterocycles. The van der Waals surface area contributed by atoms with Gasteiger partial charge < -0.3 is 18.0 Å². The molecule has 0 fully saturated rings. The summed E-state index contributed by atoms with van der Waals surface area (Å²) in [6.45, 7) is 7.22. The Hall–Kier alpha value is -1.11. The maximum Gasteiger partial charge on any atom is 0.593 e. The van der Waals surface area contributed by atoms with Crippen LogP contribution in [0.15, 0.2) is 24.1 Å². The largest absolute Gasteiger partial charge is 0.593 e. The third-order valence-electron chi connectivity index (χ3n) is 1.82. The first-order valence-corrected chi connectivity index (χ1v) is 6.61. The maximum atomic E-state index is 11.3. The molecule has 0 spiro atoms. The number of hydrogen-bond acceptors (Lipinski definition) is 5. The highest BCUT2D eigenvalue weighted by Crippen LogP contribution is 2.10. The summed E-state index contributed by atoms with van der Waals surface area (Å²) in [5.41, 5.74) is 1.82. The van der Waals surface area contributed by atoms with Crippen LogP contribution in [0, 0.1) is 0 Å². The van der Waals surface area contributed by atoms with Crippen LogP contribution in [0.25, 0.3) is 0 Å². The number of hydrogen-bond donors (Lipinski definition) is 0. The highest BCUT2D eigenvalue weighted by Gasteiger charge is 2.36. The van der Waals surface area contributed by atoms with Gasteiger partial charge in [0.1, 0.15) is 0 Å². The molecule has 0 amide bonds. The quantitative estimate of drug-likeness (QED) is 0.294. The van der Waals surface area contributed by atoms with Crippen LogP contribution in [0.2, 0.25) is 0 Å². The van der Waals surface area contributed by atoms with Gasteiger partial charge >= 0.3 is 14.8 Å². The number of rotatable bonds is 7. The first-order chi connectivity index (χ1) is 7.55. The van der Waals surface area contributed by atoms with Gasteiger partial charge in [0.15, 0.2) is 0 Å². The smallest absolute Gasteiger partial charge is 0.504 e. The summed E-state index contributed by atoms with van der Waals surface area (Å²) in [7, 11) is 0.0572. The predicted molar refractivity (Wildman–Crippen MR) is 61.4 cm³/mol. The molecule has 0 aromatic heterocycles. The normalized spacial score (nSPS) is 12.1. The van der Waals surface area contributed by atoms with Gasteiger partial charge in [-0.05, 0) is 19.5 Å². The lowest BCUT2D eigenvalue weighted by Crippen LogP contribution is -2.40. The SMILES string of the molecule is C=C[Si](OC)(OC)O/C=C(\C)C(=O)OCC. The van der Waals surface area contributed by atoms with Crippen molar-refractivity contribution in [1.29, 1.82) is 0 Å². The van der Waals surface area contributed by atoms with Crippen molar-refractivity contribution < 1.29 is 22.8 Å². The van der Waals surface area contributed by atoms with E-state index in [0.29, 0.717) is 12.2 Å². The molecule has 6 heteroatoms. The van der Waals surface area contributed by atoms with Crippen molar-refractivity contribution in [2.24, 2.45) is 0 Å². The van der Waals surface area contributed by atoms with E-state index in [0.717, 1.165) is 0 Å². The number of carbonyl (C=O) groups excluding carboxylic acids is 1. The average Bonchev–Trinajstić information content (AvgIpc) is 2.31. The van der Waals surface area contributed by atoms with Crippen molar-refractivity contribution in [2.75, 3.05) is 20.8 Å². The second-order valence-electron chi connectivity index (χ2n) is 2.86. The zero-order chi connectivity index (χ0) is 12.6. The second kappa shape index (κ2) is 7.21. The summed E-state index contributed by atoms with van der Waals surface area (Å²) in [6.07, 6.45) is 1.28. The molecule has 0 atom stereocenters. The van der Waals surface area contributed by atoms with Crippen LogP contribution in [-0.4, -0.2) is 35.6 Å². The van der Waals surface area contributed by atoms with Gasteiger partial charge in [0.25, 0.3) is 0 Å². The van der Waals surface area contributed by atoms with Crippen molar-refractivity contribution in [3.05, 3.63) is 24.1 Å². The van der Waals surface area contributed by atoms with Crippen molar-refractivity contribution >= 4 is 14.8 Å². The van der Waals surface area contributed by atoms with Gasteiger partial charge in [-0.15, -0.1) is 0 Å². The van der Waals surface area contributed by atoms with Gasteiger partial charge in [0, 0.05) is 14.2 Å². The molecule has 16 heavy (non-hydrogen) atoms. The zero-order valence-electron chi connectivity index (χ0n) is 10.1. The third-order valence-corrected chi connectivity index (χ3v) is 3.90. The predicted octanol–water partition coefficient (Wildman–Crippen LogP) is 1.43. The van der Waals surface area contributed by atoms with Gasteiger partial charge in [-0.1, -0.05) is 6.58 Å². The van der Waals surface area contributed by atoms with Crippen LogP contribution in [0.3, 0.4) is 0 Å². The molecule has 5 nitrogen and oxygen atoms in total. The summed E-state index contributed by atoms with van der Waals surface area (Å²) < 4.78 is 20.3. The van der Waals surface area contributed by atoms with Gasteiger partial charge in [0.05, 0.1) is 18.4 Å². The van der Waals surface area contributed by atoms with Crippen LogP contribution in [0.1, 0.15) is 13.8 Å². The standard InChI is InChI=1S/C10H18O5Si/c1-6-14-10(11)9(3)8-15-16(7-2,12-4)13-5/h7-8H,2,6H2,1,3-5H3/b9-8+. The Balaban J connectivity index is 4.54. The molecular formula is C10H18O5Si. The molecule has 0 unspecified atom stereocenters. The van der Waals surface area contributed by atoms with Crippen LogP contribution >= 0.6 is 0 Å². The summed E-state index contributed by atoms with van der Waals surface area (Å²) in [5.74, 6) is -0.429. The van der Waals surface area contributed by atoms with E-state index in [-0.39, 0.29) is 0 Å². The molecule has 0 N–H and O–H groups in total. The van der Waals surface area contributed by atoms with E-state index in [1.54, 1.807) is 13.8 Å². The fraction of sp³-hybridized carbons (Fsp3) is 0.500. The van der Waals surface area contributed by atoms with Gasteiger partial charge in [-0.3, -0.25) is 0 Å². The Kier molecular flexibility index (Phi) is 6.71. The van der Waals surface area contributed by atoms with Gasteiger partial charge in [0.2, 0.25) is 0 Å². The molecule has 0 aliphatic heterocycles. The summed E-state index contributed by atoms with van der Waals surface area (Å²) in [6, 6.07) is 0. The monoisotopic (exact) mass is 246 g/mol. The maximum absolute atomic E-state index is 11.3. The molecule has 0 radical (unpaired) electrons. The summed E-state index contributed by atoms with van der Waals surface area (Å²) in [4.78, 5) is 11.3. The van der Waals surface area contributed by atoms with Crippen LogP contribution in [0.5, 0.6) is 0 Å². The van der Waals surface area contributed by atoms with Gasteiger partial charge in [-0.25, -0.2) is 4.79 Å². The van der Waals surface area contributed by atoms with Gasteiger partial charge in [-0.2, -0.15) is 0 Å². The highest BCUT2D eigenvalue weighted by atomic mass is 28.4. The van der Waals surface area contributed by atoms with E-state index in [1.807, 2.05) is 0 Å². The molecule has 0 bridgehead atoms. The highest BCUT2D eigenvalue weighted by molar-refractivity contribution is 6.66. The first kappa shape index (κ1) is 14.9. The van der Waals surface area contributed by atoms with Crippen molar-refractivity contribution in [3.8, 4) is 0 Å². The van der Waals surface area contributed by atoms with Crippen LogP contribution in [0.4, 0.5) is 0 Å². The second-order valence-corrected chi connectivity index (χ2v) is 5.52. The lowest BCUT2D eigenvalue weighted by molar-refractivity contribution is -0.138. The molecular weight excluding hydrogens is 228 g/mol. The third kappa shape index (κ3) is 4.17. The van der Waals surface area contributed by atoms with Crippen LogP contribution in [-0.2, 0) is 22.8 Å². The lowest BCUT2D eigenvalue weighted by atomic mass is 10.3. The van der Waals surface area contributed by atoms with E-state index in [4.69, 9.17) is 18.0 Å². The minimum atomic E-state index is -2.87. The Bertz CT molecular complexity index is 270. The fourth-order valence-electron chi connectivity index (χ4n) is 0.858. The Morgan fingerprint density at radius 2 is 1.94 bits per heavy atom. The van der Waals surface area contributed by atoms with E-state index in [9.17, 15) is 4.79 Å². The van der Waals surface area contributed by atoms with Crippen molar-refractivity contribution in [3.63, 3.8) is 0 Å². The molecule has 0 aliphatic rings. The Labute approximate surface area is 97.0 Å². The van der Waals surface area contributed by atoms with Crippen molar-refractivity contribution in [1.82, 2.24) is 0 Å². The van der Waals surface area contributed by atoms with E-state index in [2.05, 4.69) is 6.58 Å². The minimum absolute atomic E-state index is 0.322. The van der Waals surface area contributed by atoms with Crippen molar-refractivity contribution in [2.45, 2.75) is 13.8 Å². The van der Waals surface area contributed by atoms with E-state index < -0.39 is 14.8 Å². The molecule has 0 saturated carbocycles. The summed E-state index contributed by atoms with van der Waals surface area (Å²) in [5, 5.41) is 0. The number of ether oxygens (including phenoxy) is 1. The van der Waals surface area contributed by atoms with E-state index >= 15 is 0 Å². The topological polar surface area (TPSA) is 54.0 Å². The molecule has 0 aliphatic carbocycles. The zero-order valence-corrected chi connectivity index (χ0v) is 11.1. The number of esters is 1. The lowest BCUT2D eigenvalue weighted by Gasteiger charge is -2.21. The average molecular weight is 246 g/mol. The fourth-order valence-corrected chi connectivity index (χ4v) is 1.99. The molecule has 0 rings (SSSR count). The number of carbonyl (C=O) groups is 1. The molecule has 0 heterocycles. The summed E-state index contributed by atoms with van der Waals surface area (Å²) >= 11 is 0. The first-order valence-electron chi connectivity index (χ1n) is 4.80. The van der Waals surface area contributed by atoms with E-state index in [1.165, 1.54) is 26.2 Å². The molecule has 92 valence electrons. The Morgan fingerprint density at radius 3 is 2.31 bits per heavy atom. The minimum Gasteiger partial charge on any atom is -0.504 e. The molecule has 0 aromatic rings.